The minimum Gasteiger partial charge on any atom is -0.495 e. The second-order valence-corrected chi connectivity index (χ2v) is 7.64. The van der Waals surface area contributed by atoms with Gasteiger partial charge >= 0.3 is 5.69 Å². The fourth-order valence-electron chi connectivity index (χ4n) is 4.13. The number of anilines is 1. The van der Waals surface area contributed by atoms with E-state index in [2.05, 4.69) is 20.9 Å². The molecule has 2 heterocycles. The Bertz CT molecular complexity index is 1210. The van der Waals surface area contributed by atoms with Crippen LogP contribution < -0.4 is 30.4 Å². The molecule has 9 heteroatoms. The molecule has 0 radical (unpaired) electrons. The third-order valence-corrected chi connectivity index (χ3v) is 5.92. The van der Waals surface area contributed by atoms with Crippen LogP contribution in [0.4, 0.5) is 5.69 Å². The molecule has 3 aromatic rings. The molecule has 4 rings (SSSR count). The number of aromatic nitrogens is 2. The molecule has 0 bridgehead atoms. The van der Waals surface area contributed by atoms with Gasteiger partial charge in [0.15, 0.2) is 11.5 Å². The number of fused-ring (bicyclic) bond motifs is 1. The number of hydrogen-bond acceptors (Lipinski definition) is 7. The van der Waals surface area contributed by atoms with Crippen LogP contribution in [0.1, 0.15) is 0 Å². The van der Waals surface area contributed by atoms with Gasteiger partial charge in [-0.25, -0.2) is 4.79 Å². The molecule has 1 aromatic heterocycles. The predicted octanol–water partition coefficient (Wildman–Crippen LogP) is 1.54. The maximum Gasteiger partial charge on any atom is 0.328 e. The van der Waals surface area contributed by atoms with Gasteiger partial charge in [-0.3, -0.25) is 14.3 Å². The van der Waals surface area contributed by atoms with E-state index in [1.165, 1.54) is 18.8 Å². The quantitative estimate of drug-likeness (QED) is 0.596. The Kier molecular flexibility index (Phi) is 6.36. The predicted molar refractivity (Wildman–Crippen MR) is 124 cm³/mol. The summed E-state index contributed by atoms with van der Waals surface area (Å²) in [5.41, 5.74) is 0.750. The molecule has 32 heavy (non-hydrogen) atoms. The fraction of sp³-hybridized carbons (Fsp3) is 0.391. The molecule has 1 aliphatic heterocycles. The fourth-order valence-corrected chi connectivity index (χ4v) is 4.13. The van der Waals surface area contributed by atoms with Crippen molar-refractivity contribution in [2.24, 2.45) is 0 Å². The minimum absolute atomic E-state index is 0.313. The third-order valence-electron chi connectivity index (χ3n) is 5.92. The normalized spacial score (nSPS) is 14.5. The van der Waals surface area contributed by atoms with Crippen molar-refractivity contribution < 1.29 is 14.2 Å². The largest absolute Gasteiger partial charge is 0.495 e. The highest BCUT2D eigenvalue weighted by Gasteiger charge is 2.20. The molecular weight excluding hydrogens is 412 g/mol. The molecule has 1 saturated heterocycles. The van der Waals surface area contributed by atoms with E-state index in [1.807, 2.05) is 18.2 Å². The van der Waals surface area contributed by atoms with Crippen LogP contribution in [-0.2, 0) is 6.54 Å². The number of methoxy groups -OCH3 is 3. The molecule has 2 aromatic carbocycles. The summed E-state index contributed by atoms with van der Waals surface area (Å²) in [6.45, 7) is 4.29. The van der Waals surface area contributed by atoms with E-state index in [0.717, 1.165) is 37.6 Å². The first-order valence-corrected chi connectivity index (χ1v) is 10.5. The Labute approximate surface area is 185 Å². The number of ether oxygens (including phenoxy) is 3. The number of hydrogen-bond donors (Lipinski definition) is 1. The average molecular weight is 441 g/mol. The summed E-state index contributed by atoms with van der Waals surface area (Å²) in [5.74, 6) is 1.77. The van der Waals surface area contributed by atoms with Crippen molar-refractivity contribution in [1.82, 2.24) is 14.5 Å². The van der Waals surface area contributed by atoms with Crippen LogP contribution in [0, 0.1) is 0 Å². The summed E-state index contributed by atoms with van der Waals surface area (Å²) in [6.07, 6.45) is 0. The van der Waals surface area contributed by atoms with Crippen LogP contribution in [0.25, 0.3) is 10.9 Å². The Hall–Kier alpha value is -3.46. The van der Waals surface area contributed by atoms with Crippen LogP contribution in [-0.4, -0.2) is 68.5 Å². The molecule has 0 atom stereocenters. The zero-order chi connectivity index (χ0) is 22.7. The van der Waals surface area contributed by atoms with Gasteiger partial charge in [0.1, 0.15) is 5.75 Å². The molecular formula is C23H28N4O5. The number of rotatable bonds is 7. The van der Waals surface area contributed by atoms with Gasteiger partial charge < -0.3 is 24.1 Å². The topological polar surface area (TPSA) is 89.0 Å². The van der Waals surface area contributed by atoms with E-state index >= 15 is 0 Å². The van der Waals surface area contributed by atoms with Gasteiger partial charge in [0.05, 0.1) is 37.9 Å². The molecule has 1 fully saturated rings. The smallest absolute Gasteiger partial charge is 0.328 e. The van der Waals surface area contributed by atoms with Crippen molar-refractivity contribution in [3.05, 3.63) is 57.2 Å². The number of piperazine rings is 1. The molecule has 170 valence electrons. The average Bonchev–Trinajstić information content (AvgIpc) is 2.83. The van der Waals surface area contributed by atoms with Crippen molar-refractivity contribution in [3.63, 3.8) is 0 Å². The summed E-state index contributed by atoms with van der Waals surface area (Å²) in [6, 6.07) is 11.2. The Balaban J connectivity index is 1.47. The number of H-pyrrole nitrogens is 1. The zero-order valence-electron chi connectivity index (χ0n) is 18.6. The molecule has 0 spiro atoms. The molecule has 0 amide bonds. The summed E-state index contributed by atoms with van der Waals surface area (Å²) in [5, 5.41) is 0.392. The first-order chi connectivity index (χ1) is 15.5. The molecule has 0 unspecified atom stereocenters. The van der Waals surface area contributed by atoms with Crippen LogP contribution >= 0.6 is 0 Å². The van der Waals surface area contributed by atoms with Gasteiger partial charge in [-0.1, -0.05) is 12.1 Å². The highest BCUT2D eigenvalue weighted by Crippen LogP contribution is 2.30. The number of para-hydroxylation sites is 2. The highest BCUT2D eigenvalue weighted by molar-refractivity contribution is 5.81. The lowest BCUT2D eigenvalue weighted by atomic mass is 10.2. The third kappa shape index (κ3) is 4.16. The summed E-state index contributed by atoms with van der Waals surface area (Å²) in [7, 11) is 4.70. The van der Waals surface area contributed by atoms with Crippen molar-refractivity contribution in [2.45, 2.75) is 6.54 Å². The minimum atomic E-state index is -0.428. The van der Waals surface area contributed by atoms with Gasteiger partial charge in [0.2, 0.25) is 0 Å². The van der Waals surface area contributed by atoms with Crippen LogP contribution in [0.15, 0.2) is 46.0 Å². The number of nitrogens with one attached hydrogen (secondary N) is 1. The van der Waals surface area contributed by atoms with Crippen LogP contribution in [0.2, 0.25) is 0 Å². The molecule has 1 aliphatic rings. The lowest BCUT2D eigenvalue weighted by Crippen LogP contribution is -2.48. The molecule has 0 saturated carbocycles. The zero-order valence-corrected chi connectivity index (χ0v) is 18.6. The van der Waals surface area contributed by atoms with E-state index in [4.69, 9.17) is 14.2 Å². The second kappa shape index (κ2) is 9.35. The van der Waals surface area contributed by atoms with Gasteiger partial charge in [-0.05, 0) is 18.2 Å². The number of aromatic amines is 1. The second-order valence-electron chi connectivity index (χ2n) is 7.64. The first-order valence-electron chi connectivity index (χ1n) is 10.5. The van der Waals surface area contributed by atoms with Gasteiger partial charge in [-0.15, -0.1) is 0 Å². The standard InChI is InChI=1S/C23H28N4O5/c1-30-19-7-5-4-6-18(19)26-11-8-25(9-12-26)10-13-27-22(28)16-14-20(31-2)21(32-3)15-17(16)24-23(27)29/h4-7,14-15H,8-13H2,1-3H3,(H,24,29). The van der Waals surface area contributed by atoms with Gasteiger partial charge in [0.25, 0.3) is 5.56 Å². The summed E-state index contributed by atoms with van der Waals surface area (Å²) >= 11 is 0. The van der Waals surface area contributed by atoms with E-state index in [9.17, 15) is 9.59 Å². The van der Waals surface area contributed by atoms with E-state index < -0.39 is 5.69 Å². The lowest BCUT2D eigenvalue weighted by molar-refractivity contribution is 0.245. The van der Waals surface area contributed by atoms with Crippen molar-refractivity contribution >= 4 is 16.6 Å². The van der Waals surface area contributed by atoms with Crippen LogP contribution in [0.5, 0.6) is 17.2 Å². The van der Waals surface area contributed by atoms with E-state index in [0.29, 0.717) is 35.5 Å². The SMILES string of the molecule is COc1cc2[nH]c(=O)n(CCN3CCN(c4ccccc4OC)CC3)c(=O)c2cc1OC. The number of benzene rings is 2. The first kappa shape index (κ1) is 21.8. The molecule has 1 N–H and O–H groups in total. The van der Waals surface area contributed by atoms with Gasteiger partial charge in [-0.2, -0.15) is 0 Å². The van der Waals surface area contributed by atoms with Gasteiger partial charge in [0, 0.05) is 45.3 Å². The maximum absolute atomic E-state index is 13.0. The summed E-state index contributed by atoms with van der Waals surface area (Å²) in [4.78, 5) is 32.9. The highest BCUT2D eigenvalue weighted by atomic mass is 16.5. The van der Waals surface area contributed by atoms with Crippen molar-refractivity contribution in [2.75, 3.05) is 59.0 Å². The molecule has 0 aliphatic carbocycles. The molecule has 9 nitrogen and oxygen atoms in total. The summed E-state index contributed by atoms with van der Waals surface area (Å²) < 4.78 is 17.3. The lowest BCUT2D eigenvalue weighted by Gasteiger charge is -2.36. The van der Waals surface area contributed by atoms with Crippen LogP contribution in [0.3, 0.4) is 0 Å². The maximum atomic E-state index is 13.0. The monoisotopic (exact) mass is 440 g/mol. The number of nitrogens with zero attached hydrogens (tertiary/aromatic N) is 3. The Morgan fingerprint density at radius 1 is 0.844 bits per heavy atom. The Morgan fingerprint density at radius 2 is 1.50 bits per heavy atom. The van der Waals surface area contributed by atoms with E-state index in [1.54, 1.807) is 19.2 Å². The van der Waals surface area contributed by atoms with E-state index in [-0.39, 0.29) is 5.56 Å². The van der Waals surface area contributed by atoms with Crippen molar-refractivity contribution in [3.8, 4) is 17.2 Å². The Morgan fingerprint density at radius 3 is 2.19 bits per heavy atom. The van der Waals surface area contributed by atoms with Crippen molar-refractivity contribution in [1.29, 1.82) is 0 Å².